The van der Waals surface area contributed by atoms with Crippen LogP contribution in [-0.4, -0.2) is 27.3 Å². The molecule has 0 atom stereocenters. The Balaban J connectivity index is 0. The van der Waals surface area contributed by atoms with Crippen LogP contribution in [0.1, 0.15) is 118 Å². The van der Waals surface area contributed by atoms with Gasteiger partial charge in [0, 0.05) is 58.7 Å². The van der Waals surface area contributed by atoms with Crippen molar-refractivity contribution in [2.45, 2.75) is 86.0 Å². The predicted molar refractivity (Wildman–Crippen MR) is 208 cm³/mol. The quantitative estimate of drug-likeness (QED) is 0.0810. The van der Waals surface area contributed by atoms with Crippen LogP contribution in [-0.2, 0) is 34.1 Å². The minimum absolute atomic E-state index is 0. The molecule has 2 aromatic heterocycles. The number of pyridine rings is 2. The first-order valence-electron chi connectivity index (χ1n) is 17.4. The van der Waals surface area contributed by atoms with Gasteiger partial charge in [-0.05, 0) is 129 Å². The number of aromatic nitrogens is 2. The smallest absolute Gasteiger partial charge is 0.270 e. The van der Waals surface area contributed by atoms with Gasteiger partial charge in [0.2, 0.25) is 0 Å². The van der Waals surface area contributed by atoms with E-state index in [9.17, 15) is 10.1 Å². The number of aliphatic imine (C=N–C) groups is 2. The van der Waals surface area contributed by atoms with Crippen molar-refractivity contribution in [1.82, 2.24) is 9.97 Å². The number of nitrogens with zero attached hydrogens (tertiary/aromatic N) is 5. The van der Waals surface area contributed by atoms with E-state index in [4.69, 9.17) is 9.98 Å². The van der Waals surface area contributed by atoms with Gasteiger partial charge >= 0.3 is 0 Å². The van der Waals surface area contributed by atoms with Crippen molar-refractivity contribution in [3.8, 4) is 22.3 Å². The molecular weight excluding hydrogens is 1070 g/mol. The molecule has 0 saturated heterocycles. The van der Waals surface area contributed by atoms with Crippen molar-refractivity contribution >= 4 is 29.5 Å². The number of benzene rings is 3. The summed E-state index contributed by atoms with van der Waals surface area (Å²) in [7, 11) is 0. The predicted octanol–water partition coefficient (Wildman–Crippen LogP) is 0.0330. The number of hydrogen-bond donors (Lipinski definition) is 0. The molecule has 0 bridgehead atoms. The van der Waals surface area contributed by atoms with E-state index in [0.29, 0.717) is 0 Å². The molecule has 0 aliphatic heterocycles. The summed E-state index contributed by atoms with van der Waals surface area (Å²) < 4.78 is 0. The van der Waals surface area contributed by atoms with Crippen LogP contribution < -0.4 is 67.9 Å². The molecule has 2 radical (unpaired) electrons. The monoisotopic (exact) mass is 1110 g/mol. The van der Waals surface area contributed by atoms with Crippen LogP contribution in [0, 0.1) is 17.0 Å². The van der Waals surface area contributed by atoms with Gasteiger partial charge in [-0.25, -0.2) is 0 Å². The average Bonchev–Trinajstić information content (AvgIpc) is 3.09. The van der Waals surface area contributed by atoms with Gasteiger partial charge in [0.1, 0.15) is 0 Å². The Morgan fingerprint density at radius 3 is 1.14 bits per heavy atom. The van der Waals surface area contributed by atoms with Crippen LogP contribution in [0.5, 0.6) is 0 Å². The molecule has 0 amide bonds. The molecule has 0 spiro atoms. The van der Waals surface area contributed by atoms with Crippen LogP contribution in [0.25, 0.3) is 22.3 Å². The van der Waals surface area contributed by atoms with Crippen molar-refractivity contribution in [1.29, 1.82) is 0 Å². The summed E-state index contributed by atoms with van der Waals surface area (Å²) in [6.07, 6.45) is 7.15. The molecule has 0 aliphatic rings. The van der Waals surface area contributed by atoms with E-state index >= 15 is 0 Å². The molecule has 7 nitrogen and oxygen atoms in total. The minimum atomic E-state index is -0.289. The number of halogens is 4. The molecule has 0 unspecified atom stereocenters. The van der Waals surface area contributed by atoms with Crippen LogP contribution in [0.15, 0.2) is 95.2 Å². The first-order chi connectivity index (χ1) is 23.8. The molecule has 0 saturated carbocycles. The molecule has 5 rings (SSSR count). The molecule has 3 aromatic carbocycles. The van der Waals surface area contributed by atoms with Gasteiger partial charge in [0.15, 0.2) is 0 Å². The molecule has 5 aromatic rings. The minimum Gasteiger partial charge on any atom is -1.00 e. The van der Waals surface area contributed by atoms with Crippen molar-refractivity contribution in [2.75, 3.05) is 0 Å². The van der Waals surface area contributed by atoms with Crippen LogP contribution in [0.4, 0.5) is 17.1 Å². The van der Waals surface area contributed by atoms with Gasteiger partial charge in [0.25, 0.3) is 5.69 Å². The fourth-order valence-corrected chi connectivity index (χ4v) is 6.30. The molecule has 0 fully saturated rings. The van der Waals surface area contributed by atoms with Gasteiger partial charge in [-0.2, -0.15) is 0 Å². The number of rotatable bonds is 11. The van der Waals surface area contributed by atoms with Crippen LogP contribution in [0.3, 0.4) is 0 Å². The van der Waals surface area contributed by atoms with Gasteiger partial charge in [-0.15, -0.1) is 0 Å². The van der Waals surface area contributed by atoms with E-state index < -0.39 is 0 Å². The maximum atomic E-state index is 12.5. The van der Waals surface area contributed by atoms with E-state index in [-0.39, 0.29) is 136 Å². The van der Waals surface area contributed by atoms with Gasteiger partial charge in [0.05, 0.1) is 40.1 Å². The van der Waals surface area contributed by atoms with E-state index in [1.807, 2.05) is 48.8 Å². The Bertz CT molecular complexity index is 1880. The summed E-state index contributed by atoms with van der Waals surface area (Å²) in [5, 5.41) is 12.5. The second-order valence-corrected chi connectivity index (χ2v) is 14.1. The molecule has 310 valence electrons. The molecular formula is C43H47Br4Cu2N5O2-4. The standard InChI is InChI=1S/C43H47N5O2.4BrH.2Cu/c1-26(2)36-18-31(19-37(27(3)4)42(36)46-24-33-14-10-12-16-44-33)40-22-35(48(49)50)23-41(30(40)9)32-20-38(28(5)6)43(39(21-32)29(7)8)47-25-34-15-11-13-17-45-34;;;;;;/h10-29H,1-9H3;4*1H;;/p-4. The third kappa shape index (κ3) is 13.3. The van der Waals surface area contributed by atoms with E-state index in [0.717, 1.165) is 72.8 Å². The summed E-state index contributed by atoms with van der Waals surface area (Å²) >= 11 is 0. The first kappa shape index (κ1) is 55.8. The van der Waals surface area contributed by atoms with Gasteiger partial charge in [-0.1, -0.05) is 67.5 Å². The number of nitro groups is 1. The fourth-order valence-electron chi connectivity index (χ4n) is 6.30. The van der Waals surface area contributed by atoms with E-state index in [1.165, 1.54) is 0 Å². The largest absolute Gasteiger partial charge is 1.00 e. The maximum Gasteiger partial charge on any atom is 0.270 e. The third-order valence-electron chi connectivity index (χ3n) is 9.08. The molecule has 2 heterocycles. The first-order valence-corrected chi connectivity index (χ1v) is 17.4. The molecule has 13 heteroatoms. The second kappa shape index (κ2) is 25.2. The van der Waals surface area contributed by atoms with Gasteiger partial charge in [-0.3, -0.25) is 30.1 Å². The zero-order valence-electron chi connectivity index (χ0n) is 32.7. The molecule has 0 aliphatic carbocycles. The van der Waals surface area contributed by atoms with Gasteiger partial charge < -0.3 is 67.9 Å². The Morgan fingerprint density at radius 2 is 0.893 bits per heavy atom. The van der Waals surface area contributed by atoms with E-state index in [1.54, 1.807) is 24.5 Å². The number of non-ortho nitro benzene ring substituents is 1. The molecule has 56 heavy (non-hydrogen) atoms. The Labute approximate surface area is 395 Å². The second-order valence-electron chi connectivity index (χ2n) is 14.1. The van der Waals surface area contributed by atoms with Crippen LogP contribution >= 0.6 is 0 Å². The van der Waals surface area contributed by atoms with Crippen molar-refractivity contribution in [3.63, 3.8) is 0 Å². The summed E-state index contributed by atoms with van der Waals surface area (Å²) in [5.74, 6) is 0.678. The summed E-state index contributed by atoms with van der Waals surface area (Å²) in [4.78, 5) is 31.0. The maximum absolute atomic E-state index is 12.5. The normalized spacial score (nSPS) is 10.7. The zero-order chi connectivity index (χ0) is 36.1. The van der Waals surface area contributed by atoms with Crippen molar-refractivity contribution in [2.24, 2.45) is 9.98 Å². The molecule has 0 N–H and O–H groups in total. The Morgan fingerprint density at radius 1 is 0.571 bits per heavy atom. The van der Waals surface area contributed by atoms with E-state index in [2.05, 4.69) is 96.5 Å². The summed E-state index contributed by atoms with van der Waals surface area (Å²) in [5.41, 5.74) is 12.4. The third-order valence-corrected chi connectivity index (χ3v) is 9.08. The number of hydrogen-bond acceptors (Lipinski definition) is 6. The SMILES string of the molecule is Cc1c(-c2cc(C(C)C)c(N=Cc3ccccn3)c(C(C)C)c2)cc([N+](=O)[O-])cc1-c1cc(C(C)C)c(N=Cc2ccccn2)c(C(C)C)c1.[Br-].[Br-].[Br-].[Br-].[Cu].[Cu]. The van der Waals surface area contributed by atoms with Crippen LogP contribution in [0.2, 0.25) is 0 Å². The average molecular weight is 1110 g/mol. The van der Waals surface area contributed by atoms with Crippen molar-refractivity contribution in [3.05, 3.63) is 135 Å². The zero-order valence-corrected chi connectivity index (χ0v) is 40.9. The topological polar surface area (TPSA) is 93.6 Å². The van der Waals surface area contributed by atoms with Crippen molar-refractivity contribution < 1.29 is 107 Å². The summed E-state index contributed by atoms with van der Waals surface area (Å²) in [6, 6.07) is 23.6. The Hall–Kier alpha value is -2.34. The Kier molecular flexibility index (Phi) is 25.1. The fraction of sp³-hybridized carbons (Fsp3) is 0.302. The number of nitro benzene ring substituents is 1. The summed E-state index contributed by atoms with van der Waals surface area (Å²) in [6.45, 7) is 19.4.